The predicted molar refractivity (Wildman–Crippen MR) is 61.7 cm³/mol. The van der Waals surface area contributed by atoms with E-state index < -0.39 is 0 Å². The minimum atomic E-state index is 0.613. The van der Waals surface area contributed by atoms with Crippen LogP contribution in [0.1, 0.15) is 27.2 Å². The van der Waals surface area contributed by atoms with Crippen molar-refractivity contribution in [2.24, 2.45) is 0 Å². The molecule has 1 heterocycles. The molecular formula is C10H23N3O2. The molecule has 0 saturated carbocycles. The second-order valence-electron chi connectivity index (χ2n) is 2.72. The van der Waals surface area contributed by atoms with E-state index in [1.165, 1.54) is 13.5 Å². The minimum Gasteiger partial charge on any atom is -0.363 e. The Hall–Kier alpha value is -1.20. The van der Waals surface area contributed by atoms with Crippen molar-refractivity contribution in [2.45, 2.75) is 27.2 Å². The second-order valence-corrected chi connectivity index (χ2v) is 2.72. The topological polar surface area (TPSA) is 56.8 Å². The van der Waals surface area contributed by atoms with E-state index in [1.54, 1.807) is 5.48 Å². The Balaban J connectivity index is 0. The van der Waals surface area contributed by atoms with Crippen LogP contribution in [0.3, 0.4) is 0 Å². The van der Waals surface area contributed by atoms with Crippen molar-refractivity contribution in [3.63, 3.8) is 0 Å². The first-order valence-electron chi connectivity index (χ1n) is 4.97. The molecule has 0 atom stereocenters. The van der Waals surface area contributed by atoms with Crippen LogP contribution in [0.5, 0.6) is 0 Å². The van der Waals surface area contributed by atoms with E-state index in [0.29, 0.717) is 5.88 Å². The van der Waals surface area contributed by atoms with Gasteiger partial charge in [0.05, 0.1) is 0 Å². The maximum Gasteiger partial charge on any atom is 0.220 e. The van der Waals surface area contributed by atoms with Crippen molar-refractivity contribution in [1.29, 1.82) is 0 Å². The molecule has 0 aromatic heterocycles. The highest BCUT2D eigenvalue weighted by Crippen LogP contribution is 2.14. The van der Waals surface area contributed by atoms with Crippen LogP contribution in [0.4, 0.5) is 0 Å². The fourth-order valence-corrected chi connectivity index (χ4v) is 0.746. The molecule has 0 spiro atoms. The van der Waals surface area contributed by atoms with Crippen molar-refractivity contribution in [1.82, 2.24) is 15.9 Å². The third kappa shape index (κ3) is 7.84. The van der Waals surface area contributed by atoms with Crippen LogP contribution in [0.25, 0.3) is 0 Å². The molecule has 1 rings (SSSR count). The summed E-state index contributed by atoms with van der Waals surface area (Å²) in [5.74, 6) is 1.37. The lowest BCUT2D eigenvalue weighted by Crippen LogP contribution is -2.16. The van der Waals surface area contributed by atoms with Gasteiger partial charge in [-0.2, -0.15) is 0 Å². The van der Waals surface area contributed by atoms with Gasteiger partial charge >= 0.3 is 0 Å². The first kappa shape index (κ1) is 16.2. The van der Waals surface area contributed by atoms with Gasteiger partial charge in [0.2, 0.25) is 5.88 Å². The lowest BCUT2D eigenvalue weighted by Gasteiger charge is -2.10. The summed E-state index contributed by atoms with van der Waals surface area (Å²) in [6.07, 6.45) is 1.25. The normalized spacial score (nSPS) is 13.0. The highest BCUT2D eigenvalue weighted by Gasteiger charge is 2.17. The molecule has 1 aliphatic heterocycles. The quantitative estimate of drug-likeness (QED) is 0.585. The molecular weight excluding hydrogens is 194 g/mol. The SMILES string of the molecule is C=C1NOC(=C)N1CC.CCC.CNO. The Morgan fingerprint density at radius 2 is 1.80 bits per heavy atom. The minimum absolute atomic E-state index is 0.613. The predicted octanol–water partition coefficient (Wildman–Crippen LogP) is 1.80. The van der Waals surface area contributed by atoms with Crippen molar-refractivity contribution in [2.75, 3.05) is 13.6 Å². The molecule has 1 saturated heterocycles. The van der Waals surface area contributed by atoms with Gasteiger partial charge < -0.3 is 10.0 Å². The zero-order valence-corrected chi connectivity index (χ0v) is 10.1. The summed E-state index contributed by atoms with van der Waals surface area (Å²) in [7, 11) is 1.43. The molecule has 0 bridgehead atoms. The average molecular weight is 217 g/mol. The molecule has 5 nitrogen and oxygen atoms in total. The Morgan fingerprint density at radius 3 is 1.93 bits per heavy atom. The van der Waals surface area contributed by atoms with E-state index >= 15 is 0 Å². The van der Waals surface area contributed by atoms with E-state index in [0.717, 1.165) is 12.4 Å². The molecule has 90 valence electrons. The summed E-state index contributed by atoms with van der Waals surface area (Å²) >= 11 is 0. The van der Waals surface area contributed by atoms with E-state index in [-0.39, 0.29) is 0 Å². The molecule has 0 aromatic rings. The van der Waals surface area contributed by atoms with E-state index in [2.05, 4.69) is 32.5 Å². The zero-order chi connectivity index (χ0) is 12.3. The first-order chi connectivity index (χ1) is 7.08. The van der Waals surface area contributed by atoms with Crippen molar-refractivity contribution < 1.29 is 10.0 Å². The van der Waals surface area contributed by atoms with Crippen LogP contribution in [-0.4, -0.2) is 23.7 Å². The lowest BCUT2D eigenvalue weighted by atomic mass is 10.6. The molecule has 0 amide bonds. The van der Waals surface area contributed by atoms with Crippen LogP contribution in [-0.2, 0) is 4.84 Å². The van der Waals surface area contributed by atoms with E-state index in [1.807, 2.05) is 11.8 Å². The molecule has 15 heavy (non-hydrogen) atoms. The summed E-state index contributed by atoms with van der Waals surface area (Å²) in [6, 6.07) is 0. The van der Waals surface area contributed by atoms with E-state index in [9.17, 15) is 0 Å². The fraction of sp³-hybridized carbons (Fsp3) is 0.600. The van der Waals surface area contributed by atoms with Crippen molar-refractivity contribution in [3.05, 3.63) is 24.9 Å². The van der Waals surface area contributed by atoms with Gasteiger partial charge in [0.15, 0.2) is 0 Å². The van der Waals surface area contributed by atoms with Gasteiger partial charge in [0.25, 0.3) is 0 Å². The Bertz CT molecular complexity index is 166. The van der Waals surface area contributed by atoms with Crippen LogP contribution in [0.2, 0.25) is 0 Å². The maximum absolute atomic E-state index is 7.32. The highest BCUT2D eigenvalue weighted by molar-refractivity contribution is 5.03. The van der Waals surface area contributed by atoms with E-state index in [4.69, 9.17) is 10.0 Å². The fourth-order valence-electron chi connectivity index (χ4n) is 0.746. The third-order valence-electron chi connectivity index (χ3n) is 1.23. The van der Waals surface area contributed by atoms with Gasteiger partial charge in [0, 0.05) is 13.6 Å². The van der Waals surface area contributed by atoms with Crippen molar-refractivity contribution in [3.8, 4) is 0 Å². The summed E-state index contributed by atoms with van der Waals surface area (Å²) in [5.41, 5.74) is 4.35. The van der Waals surface area contributed by atoms with Crippen molar-refractivity contribution >= 4 is 0 Å². The molecule has 0 radical (unpaired) electrons. The van der Waals surface area contributed by atoms with Crippen LogP contribution in [0.15, 0.2) is 24.9 Å². The first-order valence-corrected chi connectivity index (χ1v) is 4.97. The number of hydrogen-bond donors (Lipinski definition) is 3. The molecule has 1 fully saturated rings. The number of nitrogens with zero attached hydrogens (tertiary/aromatic N) is 1. The van der Waals surface area contributed by atoms with Gasteiger partial charge in [-0.1, -0.05) is 26.8 Å². The number of hydrogen-bond acceptors (Lipinski definition) is 5. The lowest BCUT2D eigenvalue weighted by molar-refractivity contribution is 0.157. The summed E-state index contributed by atoms with van der Waals surface area (Å²) in [6.45, 7) is 14.4. The monoisotopic (exact) mass is 217 g/mol. The largest absolute Gasteiger partial charge is 0.363 e. The van der Waals surface area contributed by atoms with Crippen LogP contribution >= 0.6 is 0 Å². The highest BCUT2D eigenvalue weighted by atomic mass is 16.7. The summed E-state index contributed by atoms with van der Waals surface area (Å²) in [4.78, 5) is 6.70. The maximum atomic E-state index is 7.32. The van der Waals surface area contributed by atoms with Gasteiger partial charge in [-0.15, -0.1) is 0 Å². The number of hydroxylamine groups is 2. The Labute approximate surface area is 92.3 Å². The zero-order valence-electron chi connectivity index (χ0n) is 10.1. The smallest absolute Gasteiger partial charge is 0.220 e. The molecule has 0 unspecified atom stereocenters. The molecule has 5 heteroatoms. The molecule has 0 aliphatic carbocycles. The van der Waals surface area contributed by atoms with Crippen LogP contribution < -0.4 is 11.0 Å². The van der Waals surface area contributed by atoms with Gasteiger partial charge in [-0.05, 0) is 13.5 Å². The Kier molecular flexibility index (Phi) is 11.8. The van der Waals surface area contributed by atoms with Gasteiger partial charge in [0.1, 0.15) is 5.82 Å². The molecule has 0 aromatic carbocycles. The standard InChI is InChI=1S/C6H10N2O.C3H8.CH5NO/c1-4-8-5(2)7-9-6(8)3;1-3-2;1-2-3/h7H,2-4H2,1H3;3H2,1-2H3;2-3H,1H3. The average Bonchev–Trinajstić information content (AvgIpc) is 2.48. The number of nitrogens with one attached hydrogen (secondary N) is 2. The molecule has 3 N–H and O–H groups in total. The number of rotatable bonds is 1. The van der Waals surface area contributed by atoms with Crippen LogP contribution in [0, 0.1) is 0 Å². The Morgan fingerprint density at radius 1 is 1.40 bits per heavy atom. The third-order valence-corrected chi connectivity index (χ3v) is 1.23. The molecule has 1 aliphatic rings. The summed E-state index contributed by atoms with van der Waals surface area (Å²) in [5, 5.41) is 7.32. The summed E-state index contributed by atoms with van der Waals surface area (Å²) < 4.78 is 0. The van der Waals surface area contributed by atoms with Gasteiger partial charge in [-0.25, -0.2) is 11.0 Å². The van der Waals surface area contributed by atoms with Gasteiger partial charge in [-0.3, -0.25) is 4.90 Å². The second kappa shape index (κ2) is 10.9.